The van der Waals surface area contributed by atoms with Gasteiger partial charge < -0.3 is 14.3 Å². The first kappa shape index (κ1) is 14.8. The van der Waals surface area contributed by atoms with E-state index in [1.54, 1.807) is 18.2 Å². The minimum Gasteiger partial charge on any atom is -0.478 e. The van der Waals surface area contributed by atoms with Crippen molar-refractivity contribution in [2.24, 2.45) is 0 Å². The number of carboxylic acids is 1. The highest BCUT2D eigenvalue weighted by Gasteiger charge is 2.27. The highest BCUT2D eigenvalue weighted by Crippen LogP contribution is 2.27. The van der Waals surface area contributed by atoms with E-state index in [0.29, 0.717) is 25.3 Å². The van der Waals surface area contributed by atoms with Crippen LogP contribution in [-0.4, -0.2) is 35.7 Å². The number of aromatic carboxylic acids is 1. The Labute approximate surface area is 129 Å². The quantitative estimate of drug-likeness (QED) is 0.941. The average molecular weight is 301 g/mol. The van der Waals surface area contributed by atoms with Crippen LogP contribution >= 0.6 is 0 Å². The van der Waals surface area contributed by atoms with Gasteiger partial charge in [-0.2, -0.15) is 0 Å². The molecular formula is C17H19NO4. The first-order valence-corrected chi connectivity index (χ1v) is 7.34. The van der Waals surface area contributed by atoms with Crippen molar-refractivity contribution < 1.29 is 19.1 Å². The summed E-state index contributed by atoms with van der Waals surface area (Å²) in [6.45, 7) is 4.66. The van der Waals surface area contributed by atoms with Gasteiger partial charge in [-0.3, -0.25) is 4.90 Å². The second-order valence-corrected chi connectivity index (χ2v) is 5.52. The number of aryl methyl sites for hydroxylation is 1. The van der Waals surface area contributed by atoms with E-state index < -0.39 is 5.97 Å². The largest absolute Gasteiger partial charge is 0.478 e. The molecule has 1 fully saturated rings. The number of morpholine rings is 1. The van der Waals surface area contributed by atoms with Crippen LogP contribution in [0.15, 0.2) is 40.8 Å². The Balaban J connectivity index is 1.79. The smallest absolute Gasteiger partial charge is 0.335 e. The van der Waals surface area contributed by atoms with Gasteiger partial charge in [0.2, 0.25) is 0 Å². The Hall–Kier alpha value is -2.11. The molecule has 1 unspecified atom stereocenters. The third-order valence-electron chi connectivity index (χ3n) is 3.89. The van der Waals surface area contributed by atoms with E-state index in [0.717, 1.165) is 23.6 Å². The number of hydrogen-bond acceptors (Lipinski definition) is 4. The zero-order chi connectivity index (χ0) is 15.5. The minimum absolute atomic E-state index is 0.0657. The van der Waals surface area contributed by atoms with Crippen LogP contribution < -0.4 is 0 Å². The van der Waals surface area contributed by atoms with E-state index >= 15 is 0 Å². The number of nitrogens with zero attached hydrogens (tertiary/aromatic N) is 1. The van der Waals surface area contributed by atoms with Crippen LogP contribution in [-0.2, 0) is 11.3 Å². The maximum atomic E-state index is 11.1. The Morgan fingerprint density at radius 3 is 2.95 bits per heavy atom. The zero-order valence-corrected chi connectivity index (χ0v) is 12.5. The van der Waals surface area contributed by atoms with E-state index in [1.807, 2.05) is 25.1 Å². The summed E-state index contributed by atoms with van der Waals surface area (Å²) < 4.78 is 11.3. The number of carbonyl (C=O) groups is 1. The van der Waals surface area contributed by atoms with Crippen molar-refractivity contribution in [1.29, 1.82) is 0 Å². The van der Waals surface area contributed by atoms with Crippen LogP contribution in [0.2, 0.25) is 0 Å². The zero-order valence-electron chi connectivity index (χ0n) is 12.5. The number of ether oxygens (including phenoxy) is 1. The van der Waals surface area contributed by atoms with Crippen molar-refractivity contribution in [1.82, 2.24) is 4.90 Å². The summed E-state index contributed by atoms with van der Waals surface area (Å²) in [5, 5.41) is 9.10. The lowest BCUT2D eigenvalue weighted by atomic mass is 10.1. The summed E-state index contributed by atoms with van der Waals surface area (Å²) in [5.74, 6) is 0.877. The lowest BCUT2D eigenvalue weighted by Crippen LogP contribution is -2.38. The first-order chi connectivity index (χ1) is 10.6. The molecule has 2 aromatic rings. The lowest BCUT2D eigenvalue weighted by Gasteiger charge is -2.34. The summed E-state index contributed by atoms with van der Waals surface area (Å²) in [5.41, 5.74) is 1.30. The van der Waals surface area contributed by atoms with E-state index in [4.69, 9.17) is 14.3 Å². The van der Waals surface area contributed by atoms with Gasteiger partial charge in [-0.25, -0.2) is 4.79 Å². The second kappa shape index (κ2) is 6.34. The summed E-state index contributed by atoms with van der Waals surface area (Å²) in [6, 6.07) is 11.1. The molecule has 1 aromatic carbocycles. The van der Waals surface area contributed by atoms with Crippen LogP contribution in [0.3, 0.4) is 0 Å². The topological polar surface area (TPSA) is 62.9 Å². The molecule has 1 N–H and O–H groups in total. The van der Waals surface area contributed by atoms with Crippen LogP contribution in [0.25, 0.3) is 0 Å². The lowest BCUT2D eigenvalue weighted by molar-refractivity contribution is -0.0205. The van der Waals surface area contributed by atoms with Crippen LogP contribution in [0.1, 0.15) is 33.5 Å². The highest BCUT2D eigenvalue weighted by molar-refractivity contribution is 5.87. The Kier molecular flexibility index (Phi) is 4.27. The van der Waals surface area contributed by atoms with Crippen molar-refractivity contribution in [3.63, 3.8) is 0 Å². The Bertz CT molecular complexity index is 664. The fraction of sp³-hybridized carbons (Fsp3) is 0.353. The SMILES string of the molecule is Cc1ccc(C2COCCN2Cc2cccc(C(=O)O)c2)o1. The van der Waals surface area contributed by atoms with Gasteiger partial charge in [-0.15, -0.1) is 0 Å². The monoisotopic (exact) mass is 301 g/mol. The van der Waals surface area contributed by atoms with Gasteiger partial charge in [0.05, 0.1) is 24.8 Å². The van der Waals surface area contributed by atoms with E-state index in [9.17, 15) is 4.79 Å². The Morgan fingerprint density at radius 2 is 2.23 bits per heavy atom. The summed E-state index contributed by atoms with van der Waals surface area (Å²) >= 11 is 0. The standard InChI is InChI=1S/C17H19NO4/c1-12-5-6-16(22-12)15-11-21-8-7-18(15)10-13-3-2-4-14(9-13)17(19)20/h2-6,9,15H,7-8,10-11H2,1H3,(H,19,20). The van der Waals surface area contributed by atoms with Crippen molar-refractivity contribution in [3.05, 3.63) is 59.0 Å². The Morgan fingerprint density at radius 1 is 1.36 bits per heavy atom. The molecule has 1 atom stereocenters. The van der Waals surface area contributed by atoms with E-state index in [2.05, 4.69) is 4.90 Å². The third kappa shape index (κ3) is 3.21. The molecule has 0 saturated carbocycles. The molecule has 3 rings (SSSR count). The van der Waals surface area contributed by atoms with Gasteiger partial charge in [0.25, 0.3) is 0 Å². The van der Waals surface area contributed by atoms with Gasteiger partial charge >= 0.3 is 5.97 Å². The van der Waals surface area contributed by atoms with Gasteiger partial charge in [0, 0.05) is 13.1 Å². The van der Waals surface area contributed by atoms with Crippen molar-refractivity contribution in [2.45, 2.75) is 19.5 Å². The summed E-state index contributed by atoms with van der Waals surface area (Å²) in [7, 11) is 0. The molecule has 116 valence electrons. The highest BCUT2D eigenvalue weighted by atomic mass is 16.5. The second-order valence-electron chi connectivity index (χ2n) is 5.52. The molecule has 0 bridgehead atoms. The van der Waals surface area contributed by atoms with Gasteiger partial charge in [0.1, 0.15) is 11.5 Å². The molecule has 0 aliphatic carbocycles. The van der Waals surface area contributed by atoms with Gasteiger partial charge in [0.15, 0.2) is 0 Å². The number of benzene rings is 1. The molecule has 2 heterocycles. The molecule has 1 saturated heterocycles. The predicted molar refractivity (Wildman–Crippen MR) is 80.8 cm³/mol. The molecule has 1 aliphatic rings. The normalized spacial score (nSPS) is 19.2. The van der Waals surface area contributed by atoms with Crippen LogP contribution in [0.5, 0.6) is 0 Å². The maximum Gasteiger partial charge on any atom is 0.335 e. The van der Waals surface area contributed by atoms with Crippen molar-refractivity contribution in [2.75, 3.05) is 19.8 Å². The molecular weight excluding hydrogens is 282 g/mol. The van der Waals surface area contributed by atoms with Crippen molar-refractivity contribution >= 4 is 5.97 Å². The molecule has 1 aromatic heterocycles. The van der Waals surface area contributed by atoms with Crippen LogP contribution in [0.4, 0.5) is 0 Å². The fourth-order valence-corrected chi connectivity index (χ4v) is 2.76. The third-order valence-corrected chi connectivity index (χ3v) is 3.89. The fourth-order valence-electron chi connectivity index (χ4n) is 2.76. The predicted octanol–water partition coefficient (Wildman–Crippen LogP) is 2.86. The summed E-state index contributed by atoms with van der Waals surface area (Å²) in [6.07, 6.45) is 0. The van der Waals surface area contributed by atoms with Crippen LogP contribution in [0, 0.1) is 6.92 Å². The minimum atomic E-state index is -0.901. The maximum absolute atomic E-state index is 11.1. The molecule has 0 spiro atoms. The number of hydrogen-bond donors (Lipinski definition) is 1. The first-order valence-electron chi connectivity index (χ1n) is 7.34. The van der Waals surface area contributed by atoms with E-state index in [1.165, 1.54) is 0 Å². The van der Waals surface area contributed by atoms with Crippen molar-refractivity contribution in [3.8, 4) is 0 Å². The number of rotatable bonds is 4. The molecule has 22 heavy (non-hydrogen) atoms. The number of furan rings is 1. The van der Waals surface area contributed by atoms with Gasteiger partial charge in [-0.1, -0.05) is 12.1 Å². The van der Waals surface area contributed by atoms with E-state index in [-0.39, 0.29) is 6.04 Å². The molecule has 5 nitrogen and oxygen atoms in total. The molecule has 1 aliphatic heterocycles. The summed E-state index contributed by atoms with van der Waals surface area (Å²) in [4.78, 5) is 13.4. The number of carboxylic acid groups (broad SMARTS) is 1. The average Bonchev–Trinajstić information content (AvgIpc) is 2.94. The molecule has 5 heteroatoms. The molecule has 0 radical (unpaired) electrons. The molecule has 0 amide bonds. The van der Waals surface area contributed by atoms with Gasteiger partial charge in [-0.05, 0) is 36.8 Å².